The van der Waals surface area contributed by atoms with Crippen molar-refractivity contribution in [3.63, 3.8) is 0 Å². The number of rotatable bonds is 7. The third-order valence-corrected chi connectivity index (χ3v) is 4.09. The normalized spacial score (nSPS) is 11.3. The summed E-state index contributed by atoms with van der Waals surface area (Å²) < 4.78 is 13.4. The molecular weight excluding hydrogens is 290 g/mol. The number of aromatic nitrogens is 1. The van der Waals surface area contributed by atoms with Crippen LogP contribution in [0.5, 0.6) is 5.75 Å². The molecule has 0 saturated heterocycles. The number of benzene rings is 1. The number of aliphatic hydroxyl groups excluding tert-OH is 1. The van der Waals surface area contributed by atoms with Crippen LogP contribution in [-0.2, 0) is 13.0 Å². The third-order valence-electron chi connectivity index (χ3n) is 4.09. The maximum Gasteiger partial charge on any atom is 0.186 e. The molecule has 0 atom stereocenters. The minimum atomic E-state index is -0.335. The van der Waals surface area contributed by atoms with Gasteiger partial charge < -0.3 is 18.8 Å². The van der Waals surface area contributed by atoms with Crippen molar-refractivity contribution in [3.05, 3.63) is 42.1 Å². The van der Waals surface area contributed by atoms with Crippen molar-refractivity contribution in [2.75, 3.05) is 6.79 Å². The second-order valence-corrected chi connectivity index (χ2v) is 5.72. The summed E-state index contributed by atoms with van der Waals surface area (Å²) in [4.78, 5) is 0. The lowest BCUT2D eigenvalue weighted by Gasteiger charge is -2.05. The fourth-order valence-electron chi connectivity index (χ4n) is 2.79. The van der Waals surface area contributed by atoms with E-state index >= 15 is 0 Å². The Morgan fingerprint density at radius 2 is 2.04 bits per heavy atom. The molecule has 0 fully saturated rings. The van der Waals surface area contributed by atoms with Gasteiger partial charge in [0, 0.05) is 24.2 Å². The summed E-state index contributed by atoms with van der Waals surface area (Å²) in [6.07, 6.45) is 5.56. The Morgan fingerprint density at radius 3 is 2.78 bits per heavy atom. The number of unbranched alkanes of at least 4 members (excludes halogenated alkanes) is 1. The van der Waals surface area contributed by atoms with Crippen molar-refractivity contribution in [2.45, 2.75) is 39.7 Å². The Bertz CT molecular complexity index is 785. The summed E-state index contributed by atoms with van der Waals surface area (Å²) in [6, 6.07) is 9.88. The van der Waals surface area contributed by atoms with Gasteiger partial charge in [0.2, 0.25) is 0 Å². The number of hydrogen-bond acceptors (Lipinski definition) is 3. The molecule has 23 heavy (non-hydrogen) atoms. The minimum absolute atomic E-state index is 0.335. The second kappa shape index (κ2) is 6.92. The van der Waals surface area contributed by atoms with Gasteiger partial charge in [-0.2, -0.15) is 0 Å². The van der Waals surface area contributed by atoms with Gasteiger partial charge in [-0.25, -0.2) is 0 Å². The lowest BCUT2D eigenvalue weighted by Crippen LogP contribution is -1.97. The molecule has 0 bridgehead atoms. The van der Waals surface area contributed by atoms with Gasteiger partial charge in [0.05, 0.1) is 5.69 Å². The molecule has 2 aromatic heterocycles. The summed E-state index contributed by atoms with van der Waals surface area (Å²) in [5.41, 5.74) is 3.21. The molecule has 1 aromatic carbocycles. The van der Waals surface area contributed by atoms with E-state index in [-0.39, 0.29) is 6.79 Å². The second-order valence-electron chi connectivity index (χ2n) is 5.72. The number of fused-ring (bicyclic) bond motifs is 1. The summed E-state index contributed by atoms with van der Waals surface area (Å²) >= 11 is 0. The van der Waals surface area contributed by atoms with Gasteiger partial charge in [0.1, 0.15) is 11.3 Å². The first-order valence-electron chi connectivity index (χ1n) is 8.21. The highest BCUT2D eigenvalue weighted by Gasteiger charge is 2.13. The van der Waals surface area contributed by atoms with Crippen LogP contribution >= 0.6 is 0 Å². The molecule has 4 heteroatoms. The fourth-order valence-corrected chi connectivity index (χ4v) is 2.79. The molecule has 0 saturated carbocycles. The molecule has 2 heterocycles. The molecule has 0 radical (unpaired) electrons. The standard InChI is InChI=1S/C19H23NO3/c1-3-5-8-20-12-14(4-2)9-17(20)19-10-15-6-7-16(22-13-21)11-18(15)23-19/h6-7,9-12,21H,3-5,8,13H2,1-2H3. The first kappa shape index (κ1) is 15.7. The number of hydrogen-bond donors (Lipinski definition) is 1. The summed E-state index contributed by atoms with van der Waals surface area (Å²) in [7, 11) is 0. The summed E-state index contributed by atoms with van der Waals surface area (Å²) in [6.45, 7) is 5.04. The molecule has 0 aliphatic rings. The van der Waals surface area contributed by atoms with Crippen LogP contribution < -0.4 is 4.74 Å². The van der Waals surface area contributed by atoms with Crippen LogP contribution in [0.3, 0.4) is 0 Å². The van der Waals surface area contributed by atoms with Gasteiger partial charge in [-0.05, 0) is 42.7 Å². The van der Waals surface area contributed by atoms with Crippen LogP contribution in [0.4, 0.5) is 0 Å². The Balaban J connectivity index is 2.00. The van der Waals surface area contributed by atoms with E-state index in [1.165, 1.54) is 12.0 Å². The molecule has 122 valence electrons. The molecule has 0 unspecified atom stereocenters. The summed E-state index contributed by atoms with van der Waals surface area (Å²) in [5, 5.41) is 9.90. The van der Waals surface area contributed by atoms with E-state index in [1.54, 1.807) is 0 Å². The van der Waals surface area contributed by atoms with E-state index < -0.39 is 0 Å². The maximum absolute atomic E-state index is 8.87. The van der Waals surface area contributed by atoms with Crippen LogP contribution in [0.1, 0.15) is 32.3 Å². The quantitative estimate of drug-likeness (QED) is 0.649. The third kappa shape index (κ3) is 3.27. The largest absolute Gasteiger partial charge is 0.468 e. The Hall–Kier alpha value is -2.20. The molecule has 3 rings (SSSR count). The van der Waals surface area contributed by atoms with Gasteiger partial charge in [-0.15, -0.1) is 0 Å². The first-order valence-corrected chi connectivity index (χ1v) is 8.21. The molecule has 3 aromatic rings. The number of aryl methyl sites for hydroxylation is 2. The van der Waals surface area contributed by atoms with Crippen molar-refractivity contribution in [3.8, 4) is 17.2 Å². The lowest BCUT2D eigenvalue weighted by molar-refractivity contribution is 0.0986. The smallest absolute Gasteiger partial charge is 0.186 e. The van der Waals surface area contributed by atoms with Crippen molar-refractivity contribution in [1.29, 1.82) is 0 Å². The zero-order valence-corrected chi connectivity index (χ0v) is 13.7. The van der Waals surface area contributed by atoms with Crippen molar-refractivity contribution >= 4 is 11.0 Å². The van der Waals surface area contributed by atoms with Crippen molar-refractivity contribution < 1.29 is 14.3 Å². The van der Waals surface area contributed by atoms with Gasteiger partial charge >= 0.3 is 0 Å². The lowest BCUT2D eigenvalue weighted by atomic mass is 10.2. The summed E-state index contributed by atoms with van der Waals surface area (Å²) in [5.74, 6) is 1.48. The highest BCUT2D eigenvalue weighted by Crippen LogP contribution is 2.31. The van der Waals surface area contributed by atoms with E-state index in [4.69, 9.17) is 14.3 Å². The van der Waals surface area contributed by atoms with Crippen molar-refractivity contribution in [1.82, 2.24) is 4.57 Å². The molecule has 4 nitrogen and oxygen atoms in total. The van der Waals surface area contributed by atoms with E-state index in [0.717, 1.165) is 41.8 Å². The van der Waals surface area contributed by atoms with Crippen LogP contribution in [-0.4, -0.2) is 16.5 Å². The van der Waals surface area contributed by atoms with Gasteiger partial charge in [-0.3, -0.25) is 0 Å². The van der Waals surface area contributed by atoms with Gasteiger partial charge in [-0.1, -0.05) is 20.3 Å². The molecule has 1 N–H and O–H groups in total. The van der Waals surface area contributed by atoms with Crippen LogP contribution in [0.2, 0.25) is 0 Å². The average molecular weight is 313 g/mol. The Labute approximate surface area is 136 Å². The van der Waals surface area contributed by atoms with E-state index in [2.05, 4.69) is 36.7 Å². The fraction of sp³-hybridized carbons (Fsp3) is 0.368. The van der Waals surface area contributed by atoms with Crippen LogP contribution in [0, 0.1) is 0 Å². The molecule has 0 aliphatic heterocycles. The molecule has 0 spiro atoms. The topological polar surface area (TPSA) is 47.5 Å². The highest BCUT2D eigenvalue weighted by atomic mass is 16.6. The van der Waals surface area contributed by atoms with Crippen LogP contribution in [0.25, 0.3) is 22.4 Å². The average Bonchev–Trinajstić information content (AvgIpc) is 3.16. The maximum atomic E-state index is 8.87. The van der Waals surface area contributed by atoms with Crippen LogP contribution in [0.15, 0.2) is 40.9 Å². The zero-order chi connectivity index (χ0) is 16.2. The van der Waals surface area contributed by atoms with E-state index in [0.29, 0.717) is 5.75 Å². The van der Waals surface area contributed by atoms with E-state index in [1.807, 2.05) is 18.2 Å². The molecule has 0 aliphatic carbocycles. The Morgan fingerprint density at radius 1 is 1.17 bits per heavy atom. The SMILES string of the molecule is CCCCn1cc(CC)cc1-c1cc2ccc(OCO)cc2o1. The zero-order valence-electron chi connectivity index (χ0n) is 13.7. The monoisotopic (exact) mass is 313 g/mol. The minimum Gasteiger partial charge on any atom is -0.468 e. The number of furan rings is 1. The van der Waals surface area contributed by atoms with Crippen molar-refractivity contribution in [2.24, 2.45) is 0 Å². The highest BCUT2D eigenvalue weighted by molar-refractivity contribution is 5.83. The molecule has 0 amide bonds. The number of aliphatic hydroxyl groups is 1. The molecular formula is C19H23NO3. The number of nitrogens with zero attached hydrogens (tertiary/aromatic N) is 1. The predicted molar refractivity (Wildman–Crippen MR) is 91.6 cm³/mol. The van der Waals surface area contributed by atoms with Gasteiger partial charge in [0.25, 0.3) is 0 Å². The number of ether oxygens (including phenoxy) is 1. The predicted octanol–water partition coefficient (Wildman–Crippen LogP) is 4.59. The Kier molecular flexibility index (Phi) is 4.72. The first-order chi connectivity index (χ1) is 11.2. The van der Waals surface area contributed by atoms with E-state index in [9.17, 15) is 0 Å². The van der Waals surface area contributed by atoms with Gasteiger partial charge in [0.15, 0.2) is 12.6 Å².